The number of carbonyl (C=O) groups is 1. The summed E-state index contributed by atoms with van der Waals surface area (Å²) < 4.78 is 5.61. The van der Waals surface area contributed by atoms with Crippen molar-refractivity contribution in [3.63, 3.8) is 0 Å². The lowest BCUT2D eigenvalue weighted by molar-refractivity contribution is -0.124. The minimum absolute atomic E-state index is 0.125. The fraction of sp³-hybridized carbons (Fsp3) is 0.929. The van der Waals surface area contributed by atoms with E-state index < -0.39 is 6.61 Å². The maximum Gasteiger partial charge on any atom is 0.245 e. The molecule has 0 aliphatic rings. The van der Waals surface area contributed by atoms with Crippen LogP contribution in [0.1, 0.15) is 34.1 Å². The van der Waals surface area contributed by atoms with Crippen LogP contribution in [0.4, 0.5) is 0 Å². The smallest absolute Gasteiger partial charge is 0.245 e. The van der Waals surface area contributed by atoms with Crippen LogP contribution in [-0.4, -0.2) is 49.4 Å². The minimum Gasteiger partial charge on any atom is -0.387 e. The highest BCUT2D eigenvalue weighted by Gasteiger charge is 2.28. The number of rotatable bonds is 10. The van der Waals surface area contributed by atoms with E-state index in [0.717, 1.165) is 12.2 Å². The Labute approximate surface area is 121 Å². The third kappa shape index (κ3) is 10.2. The molecule has 0 rings (SSSR count). The van der Waals surface area contributed by atoms with Gasteiger partial charge >= 0.3 is 0 Å². The van der Waals surface area contributed by atoms with E-state index in [9.17, 15) is 4.79 Å². The average molecular weight is 291 g/mol. The lowest BCUT2D eigenvalue weighted by atomic mass is 9.76. The van der Waals surface area contributed by atoms with Crippen LogP contribution in [0.25, 0.3) is 0 Å². The van der Waals surface area contributed by atoms with Gasteiger partial charge in [-0.15, -0.1) is 0 Å². The summed E-state index contributed by atoms with van der Waals surface area (Å²) in [6, 6.07) is 0. The van der Waals surface area contributed by atoms with Crippen LogP contribution < -0.4 is 5.32 Å². The molecular weight excluding hydrogens is 262 g/mol. The fourth-order valence-corrected chi connectivity index (χ4v) is 3.34. The third-order valence-corrected chi connectivity index (χ3v) is 3.77. The summed E-state index contributed by atoms with van der Waals surface area (Å²) in [5.41, 5.74) is 0.428. The Bertz CT molecular complexity index is 267. The first-order valence-electron chi connectivity index (χ1n) is 6.67. The summed E-state index contributed by atoms with van der Waals surface area (Å²) in [6.45, 7) is 10.1. The number of aliphatic hydroxyl groups is 1. The summed E-state index contributed by atoms with van der Waals surface area (Å²) in [7, 11) is 0. The van der Waals surface area contributed by atoms with Gasteiger partial charge in [-0.25, -0.2) is 0 Å². The molecule has 0 unspecified atom stereocenters. The zero-order valence-corrected chi connectivity index (χ0v) is 13.7. The van der Waals surface area contributed by atoms with E-state index in [2.05, 4.69) is 39.3 Å². The zero-order chi connectivity index (χ0) is 14.9. The molecule has 0 aromatic rings. The van der Waals surface area contributed by atoms with Gasteiger partial charge in [-0.2, -0.15) is 11.8 Å². The Balaban J connectivity index is 3.87. The van der Waals surface area contributed by atoms with Gasteiger partial charge in [0.25, 0.3) is 0 Å². The van der Waals surface area contributed by atoms with Gasteiger partial charge in [-0.05, 0) is 29.3 Å². The lowest BCUT2D eigenvalue weighted by Crippen LogP contribution is -2.32. The quantitative estimate of drug-likeness (QED) is 0.604. The van der Waals surface area contributed by atoms with Crippen LogP contribution in [0.5, 0.6) is 0 Å². The number of carbonyl (C=O) groups excluding carboxylic acids is 1. The van der Waals surface area contributed by atoms with E-state index in [-0.39, 0.29) is 11.3 Å². The second kappa shape index (κ2) is 8.82. The van der Waals surface area contributed by atoms with Crippen LogP contribution >= 0.6 is 11.8 Å². The van der Waals surface area contributed by atoms with Crippen LogP contribution in [0.15, 0.2) is 0 Å². The van der Waals surface area contributed by atoms with Gasteiger partial charge in [0.05, 0.1) is 13.2 Å². The Kier molecular flexibility index (Phi) is 8.70. The Morgan fingerprint density at radius 2 is 1.89 bits per heavy atom. The van der Waals surface area contributed by atoms with E-state index in [0.29, 0.717) is 25.2 Å². The molecule has 0 atom stereocenters. The molecule has 0 saturated heterocycles. The van der Waals surface area contributed by atoms with Gasteiger partial charge < -0.3 is 15.2 Å². The fourth-order valence-electron chi connectivity index (χ4n) is 2.46. The summed E-state index contributed by atoms with van der Waals surface area (Å²) >= 11 is 1.87. The second-order valence-electron chi connectivity index (χ2n) is 6.50. The van der Waals surface area contributed by atoms with E-state index in [1.54, 1.807) is 0 Å². The summed E-state index contributed by atoms with van der Waals surface area (Å²) in [6.07, 6.45) is 3.24. The molecule has 2 N–H and O–H groups in total. The second-order valence-corrected chi connectivity index (χ2v) is 7.36. The summed E-state index contributed by atoms with van der Waals surface area (Å²) in [4.78, 5) is 10.8. The molecule has 1 amide bonds. The van der Waals surface area contributed by atoms with Crippen molar-refractivity contribution in [1.29, 1.82) is 0 Å². The molecule has 0 bridgehead atoms. The first-order valence-corrected chi connectivity index (χ1v) is 8.06. The Hall–Kier alpha value is -0.260. The first-order chi connectivity index (χ1) is 8.72. The topological polar surface area (TPSA) is 58.6 Å². The van der Waals surface area contributed by atoms with Crippen LogP contribution in [0, 0.1) is 10.8 Å². The van der Waals surface area contributed by atoms with Crippen molar-refractivity contribution >= 4 is 17.7 Å². The molecule has 19 heavy (non-hydrogen) atoms. The molecule has 5 heteroatoms. The maximum absolute atomic E-state index is 10.8. The molecule has 4 nitrogen and oxygen atoms in total. The SMILES string of the molecule is CSCC(C)(C)CC(C)(C)COCCNC(=O)CO. The standard InChI is InChI=1S/C14H29NO3S/c1-13(2,9-14(3,4)11-19-5)10-18-7-6-15-12(17)8-16/h16H,6-11H2,1-5H3,(H,15,17). The molecule has 0 aromatic carbocycles. The molecule has 0 heterocycles. The number of hydrogen-bond donors (Lipinski definition) is 2. The number of amides is 1. The predicted octanol–water partition coefficient (Wildman–Crippen LogP) is 1.92. The number of ether oxygens (including phenoxy) is 1. The lowest BCUT2D eigenvalue weighted by Gasteiger charge is -2.34. The molecular formula is C14H29NO3S. The normalized spacial score (nSPS) is 12.5. The van der Waals surface area contributed by atoms with Crippen molar-refractivity contribution in [3.05, 3.63) is 0 Å². The summed E-state index contributed by atoms with van der Waals surface area (Å²) in [5.74, 6) is 0.784. The number of hydrogen-bond acceptors (Lipinski definition) is 4. The van der Waals surface area contributed by atoms with Crippen LogP contribution in [-0.2, 0) is 9.53 Å². The highest BCUT2D eigenvalue weighted by Crippen LogP contribution is 2.35. The average Bonchev–Trinajstić information content (AvgIpc) is 2.26. The maximum atomic E-state index is 10.8. The molecule has 0 aliphatic heterocycles. The van der Waals surface area contributed by atoms with Gasteiger partial charge in [0, 0.05) is 6.54 Å². The zero-order valence-electron chi connectivity index (χ0n) is 12.9. The Morgan fingerprint density at radius 1 is 1.26 bits per heavy atom. The first kappa shape index (κ1) is 18.7. The van der Waals surface area contributed by atoms with E-state index in [1.165, 1.54) is 0 Å². The molecule has 0 saturated carbocycles. The van der Waals surface area contributed by atoms with Crippen molar-refractivity contribution < 1.29 is 14.6 Å². The molecule has 0 aliphatic carbocycles. The van der Waals surface area contributed by atoms with E-state index in [1.807, 2.05) is 11.8 Å². The molecule has 0 fully saturated rings. The molecule has 114 valence electrons. The number of thioether (sulfide) groups is 1. The molecule has 0 radical (unpaired) electrons. The highest BCUT2D eigenvalue weighted by molar-refractivity contribution is 7.98. The Morgan fingerprint density at radius 3 is 2.42 bits per heavy atom. The van der Waals surface area contributed by atoms with Gasteiger partial charge in [0.1, 0.15) is 6.61 Å². The predicted molar refractivity (Wildman–Crippen MR) is 81.5 cm³/mol. The van der Waals surface area contributed by atoms with Crippen molar-refractivity contribution in [1.82, 2.24) is 5.32 Å². The van der Waals surface area contributed by atoms with Gasteiger partial charge in [-0.3, -0.25) is 4.79 Å². The highest BCUT2D eigenvalue weighted by atomic mass is 32.2. The van der Waals surface area contributed by atoms with Crippen molar-refractivity contribution in [2.45, 2.75) is 34.1 Å². The molecule has 0 aromatic heterocycles. The van der Waals surface area contributed by atoms with Crippen LogP contribution in [0.2, 0.25) is 0 Å². The molecule has 0 spiro atoms. The summed E-state index contributed by atoms with van der Waals surface area (Å²) in [5, 5.41) is 11.1. The minimum atomic E-state index is -0.464. The van der Waals surface area contributed by atoms with E-state index in [4.69, 9.17) is 9.84 Å². The van der Waals surface area contributed by atoms with Gasteiger partial charge in [0.2, 0.25) is 5.91 Å². The van der Waals surface area contributed by atoms with Gasteiger partial charge in [0.15, 0.2) is 0 Å². The number of nitrogens with one attached hydrogen (secondary N) is 1. The third-order valence-electron chi connectivity index (χ3n) is 2.70. The number of aliphatic hydroxyl groups excluding tert-OH is 1. The monoisotopic (exact) mass is 291 g/mol. The van der Waals surface area contributed by atoms with Crippen molar-refractivity contribution in [2.75, 3.05) is 38.4 Å². The van der Waals surface area contributed by atoms with Crippen molar-refractivity contribution in [3.8, 4) is 0 Å². The van der Waals surface area contributed by atoms with Crippen molar-refractivity contribution in [2.24, 2.45) is 10.8 Å². The van der Waals surface area contributed by atoms with Crippen LogP contribution in [0.3, 0.4) is 0 Å². The van der Waals surface area contributed by atoms with E-state index >= 15 is 0 Å². The largest absolute Gasteiger partial charge is 0.387 e. The van der Waals surface area contributed by atoms with Gasteiger partial charge in [-0.1, -0.05) is 27.7 Å².